The van der Waals surface area contributed by atoms with Crippen LogP contribution in [0.2, 0.25) is 0 Å². The highest BCUT2D eigenvalue weighted by molar-refractivity contribution is 7.80. The second-order valence-corrected chi connectivity index (χ2v) is 7.90. The predicted molar refractivity (Wildman–Crippen MR) is 120 cm³/mol. The third-order valence-corrected chi connectivity index (χ3v) is 5.80. The van der Waals surface area contributed by atoms with Crippen molar-refractivity contribution < 1.29 is 9.85 Å². The minimum absolute atomic E-state index is 0.0205. The monoisotopic (exact) mass is 437 g/mol. The van der Waals surface area contributed by atoms with Crippen LogP contribution < -0.4 is 5.73 Å². The number of nitro groups is 2. The second kappa shape index (κ2) is 8.23. The zero-order chi connectivity index (χ0) is 22.1. The van der Waals surface area contributed by atoms with Crippen LogP contribution in [0.1, 0.15) is 36.4 Å². The maximum absolute atomic E-state index is 11.0. The van der Waals surface area contributed by atoms with Crippen molar-refractivity contribution in [2.24, 2.45) is 16.8 Å². The maximum Gasteiger partial charge on any atom is 0.269 e. The van der Waals surface area contributed by atoms with E-state index in [4.69, 9.17) is 23.1 Å². The number of allylic oxidation sites excluding steroid dienone is 1. The molecule has 1 fully saturated rings. The molecule has 10 heteroatoms. The van der Waals surface area contributed by atoms with E-state index in [1.807, 2.05) is 6.08 Å². The Labute approximate surface area is 183 Å². The second-order valence-electron chi connectivity index (χ2n) is 7.48. The number of rotatable bonds is 4. The van der Waals surface area contributed by atoms with E-state index in [9.17, 15) is 20.2 Å². The van der Waals surface area contributed by atoms with Crippen LogP contribution in [-0.2, 0) is 0 Å². The Bertz CT molecular complexity index is 1110. The highest BCUT2D eigenvalue weighted by atomic mass is 32.1. The third kappa shape index (κ3) is 4.02. The van der Waals surface area contributed by atoms with E-state index in [2.05, 4.69) is 0 Å². The molecule has 1 aliphatic carbocycles. The summed E-state index contributed by atoms with van der Waals surface area (Å²) in [6.07, 6.45) is 4.64. The fourth-order valence-electron chi connectivity index (χ4n) is 4.20. The van der Waals surface area contributed by atoms with Crippen LogP contribution in [0.25, 0.3) is 6.08 Å². The highest BCUT2D eigenvalue weighted by Gasteiger charge is 2.42. The average molecular weight is 437 g/mol. The van der Waals surface area contributed by atoms with Crippen LogP contribution in [0.4, 0.5) is 11.4 Å². The SMILES string of the molecule is NC(=S)N1N=C2/C(=C\c3ccc([N+](=O)[O-])cc3)CCC[C@@H]2[C@H]1c1ccc([N+](=O)[O-])cc1. The molecule has 0 unspecified atom stereocenters. The van der Waals surface area contributed by atoms with Crippen molar-refractivity contribution in [1.29, 1.82) is 0 Å². The number of hydrazone groups is 1. The normalized spacial score (nSPS) is 21.5. The van der Waals surface area contributed by atoms with E-state index in [0.717, 1.165) is 41.7 Å². The molecule has 1 aliphatic heterocycles. The van der Waals surface area contributed by atoms with Crippen LogP contribution in [0.5, 0.6) is 0 Å². The number of non-ortho nitro benzene ring substituents is 2. The first-order valence-electron chi connectivity index (χ1n) is 9.72. The Morgan fingerprint density at radius 2 is 1.65 bits per heavy atom. The highest BCUT2D eigenvalue weighted by Crippen LogP contribution is 2.44. The van der Waals surface area contributed by atoms with Crippen LogP contribution >= 0.6 is 12.2 Å². The van der Waals surface area contributed by atoms with Crippen LogP contribution in [-0.4, -0.2) is 25.7 Å². The molecule has 2 atom stereocenters. The van der Waals surface area contributed by atoms with Gasteiger partial charge in [0.1, 0.15) is 0 Å². The topological polar surface area (TPSA) is 128 Å². The van der Waals surface area contributed by atoms with Gasteiger partial charge in [-0.25, -0.2) is 5.01 Å². The summed E-state index contributed by atoms with van der Waals surface area (Å²) >= 11 is 5.23. The molecule has 158 valence electrons. The van der Waals surface area contributed by atoms with Gasteiger partial charge < -0.3 is 5.73 Å². The Balaban J connectivity index is 1.68. The third-order valence-electron chi connectivity index (χ3n) is 5.62. The molecule has 31 heavy (non-hydrogen) atoms. The molecule has 0 bridgehead atoms. The summed E-state index contributed by atoms with van der Waals surface area (Å²) in [4.78, 5) is 21.0. The van der Waals surface area contributed by atoms with E-state index in [1.54, 1.807) is 29.3 Å². The minimum Gasteiger partial charge on any atom is -0.375 e. The van der Waals surface area contributed by atoms with Crippen LogP contribution in [0.15, 0.2) is 59.2 Å². The zero-order valence-corrected chi connectivity index (χ0v) is 17.2. The molecule has 2 aromatic carbocycles. The molecule has 2 aromatic rings. The van der Waals surface area contributed by atoms with E-state index in [0.29, 0.717) is 0 Å². The molecule has 0 spiro atoms. The van der Waals surface area contributed by atoms with E-state index < -0.39 is 9.85 Å². The molecule has 2 aliphatic rings. The number of benzene rings is 2. The van der Waals surface area contributed by atoms with Gasteiger partial charge in [-0.3, -0.25) is 20.2 Å². The first-order valence-corrected chi connectivity index (χ1v) is 10.1. The lowest BCUT2D eigenvalue weighted by molar-refractivity contribution is -0.385. The maximum atomic E-state index is 11.0. The average Bonchev–Trinajstić information content (AvgIpc) is 3.15. The quantitative estimate of drug-likeness (QED) is 0.428. The van der Waals surface area contributed by atoms with Crippen molar-refractivity contribution in [3.05, 3.63) is 85.5 Å². The molecule has 0 radical (unpaired) electrons. The van der Waals surface area contributed by atoms with Gasteiger partial charge in [-0.05, 0) is 66.4 Å². The van der Waals surface area contributed by atoms with Gasteiger partial charge in [-0.15, -0.1) is 0 Å². The van der Waals surface area contributed by atoms with Crippen molar-refractivity contribution >= 4 is 40.5 Å². The molecule has 0 aromatic heterocycles. The lowest BCUT2D eigenvalue weighted by atomic mass is 9.77. The van der Waals surface area contributed by atoms with Gasteiger partial charge in [0, 0.05) is 30.2 Å². The van der Waals surface area contributed by atoms with Crippen molar-refractivity contribution in [2.45, 2.75) is 25.3 Å². The Hall–Kier alpha value is -3.66. The van der Waals surface area contributed by atoms with Gasteiger partial charge in [-0.2, -0.15) is 5.10 Å². The Kier molecular flexibility index (Phi) is 5.47. The lowest BCUT2D eigenvalue weighted by Crippen LogP contribution is -2.34. The molecule has 4 rings (SSSR count). The fourth-order valence-corrected chi connectivity index (χ4v) is 4.36. The summed E-state index contributed by atoms with van der Waals surface area (Å²) in [7, 11) is 0. The number of thiocarbonyl (C=S) groups is 1. The summed E-state index contributed by atoms with van der Waals surface area (Å²) in [5, 5.41) is 28.4. The van der Waals surface area contributed by atoms with Crippen LogP contribution in [0, 0.1) is 26.1 Å². The molecular weight excluding hydrogens is 418 g/mol. The molecule has 1 heterocycles. The number of hydrogen-bond acceptors (Lipinski definition) is 6. The van der Waals surface area contributed by atoms with Gasteiger partial charge in [0.05, 0.1) is 21.6 Å². The van der Waals surface area contributed by atoms with Gasteiger partial charge >= 0.3 is 0 Å². The number of fused-ring (bicyclic) bond motifs is 1. The fraction of sp³-hybridized carbons (Fsp3) is 0.238. The molecule has 1 saturated carbocycles. The number of nitrogens with zero attached hydrogens (tertiary/aromatic N) is 4. The first kappa shape index (κ1) is 20.6. The largest absolute Gasteiger partial charge is 0.375 e. The Morgan fingerprint density at radius 1 is 1.06 bits per heavy atom. The minimum atomic E-state index is -0.433. The van der Waals surface area contributed by atoms with E-state index >= 15 is 0 Å². The van der Waals surface area contributed by atoms with E-state index in [1.165, 1.54) is 24.3 Å². The summed E-state index contributed by atoms with van der Waals surface area (Å²) in [5.41, 5.74) is 9.66. The molecule has 9 nitrogen and oxygen atoms in total. The first-order chi connectivity index (χ1) is 14.8. The Morgan fingerprint density at radius 3 is 2.19 bits per heavy atom. The number of nitrogens with two attached hydrogens (primary N) is 1. The smallest absolute Gasteiger partial charge is 0.269 e. The standard InChI is InChI=1S/C21H19N5O4S/c22-21(31)24-20(14-6-10-17(11-7-14)26(29)30)18-3-1-2-15(19(18)23-24)12-13-4-8-16(9-5-13)25(27)28/h4-12,18,20H,1-3H2,(H2,22,31)/b15-12-/t18-,20+/m0/s1. The molecule has 0 amide bonds. The van der Waals surface area contributed by atoms with Crippen molar-refractivity contribution in [2.75, 3.05) is 0 Å². The summed E-state index contributed by atoms with van der Waals surface area (Å²) in [6, 6.07) is 12.5. The molecular formula is C21H19N5O4S. The van der Waals surface area contributed by atoms with Crippen molar-refractivity contribution in [3.8, 4) is 0 Å². The van der Waals surface area contributed by atoms with Crippen molar-refractivity contribution in [1.82, 2.24) is 5.01 Å². The van der Waals surface area contributed by atoms with Gasteiger partial charge in [0.2, 0.25) is 0 Å². The van der Waals surface area contributed by atoms with Gasteiger partial charge in [-0.1, -0.05) is 12.1 Å². The van der Waals surface area contributed by atoms with Crippen LogP contribution in [0.3, 0.4) is 0 Å². The van der Waals surface area contributed by atoms with Gasteiger partial charge in [0.15, 0.2) is 5.11 Å². The summed E-state index contributed by atoms with van der Waals surface area (Å²) < 4.78 is 0. The molecule has 2 N–H and O–H groups in total. The predicted octanol–water partition coefficient (Wildman–Crippen LogP) is 4.34. The number of nitro benzene ring substituents is 2. The van der Waals surface area contributed by atoms with Gasteiger partial charge in [0.25, 0.3) is 11.4 Å². The number of hydrogen-bond donors (Lipinski definition) is 1. The lowest BCUT2D eigenvalue weighted by Gasteiger charge is -2.29. The summed E-state index contributed by atoms with van der Waals surface area (Å²) in [5.74, 6) is 0.0426. The molecule has 0 saturated heterocycles. The van der Waals surface area contributed by atoms with Crippen molar-refractivity contribution in [3.63, 3.8) is 0 Å². The zero-order valence-electron chi connectivity index (χ0n) is 16.4. The summed E-state index contributed by atoms with van der Waals surface area (Å²) in [6.45, 7) is 0. The van der Waals surface area contributed by atoms with E-state index in [-0.39, 0.29) is 28.4 Å².